The average Bonchev–Trinajstić information content (AvgIpc) is 2.66. The second-order valence-corrected chi connectivity index (χ2v) is 3.64. The van der Waals surface area contributed by atoms with E-state index < -0.39 is 5.97 Å². The molecule has 2 aromatic rings. The fourth-order valence-electron chi connectivity index (χ4n) is 1.62. The Morgan fingerprint density at radius 3 is 2.88 bits per heavy atom. The van der Waals surface area contributed by atoms with Gasteiger partial charge in [0.2, 0.25) is 0 Å². The van der Waals surface area contributed by atoms with Crippen LogP contribution in [0.4, 0.5) is 0 Å². The Morgan fingerprint density at radius 1 is 1.44 bits per heavy atom. The zero-order valence-corrected chi connectivity index (χ0v) is 8.92. The van der Waals surface area contributed by atoms with E-state index in [9.17, 15) is 4.79 Å². The summed E-state index contributed by atoms with van der Waals surface area (Å²) in [6, 6.07) is 7.94. The molecular formula is C12H12N2O2. The average molecular weight is 216 g/mol. The van der Waals surface area contributed by atoms with Gasteiger partial charge in [0.25, 0.3) is 0 Å². The molecule has 0 unspecified atom stereocenters. The molecule has 0 aliphatic rings. The molecule has 1 aromatic heterocycles. The second kappa shape index (κ2) is 4.18. The van der Waals surface area contributed by atoms with E-state index >= 15 is 0 Å². The Morgan fingerprint density at radius 2 is 2.19 bits per heavy atom. The maximum absolute atomic E-state index is 10.5. The van der Waals surface area contributed by atoms with Gasteiger partial charge in [-0.15, -0.1) is 0 Å². The normalized spacial score (nSPS) is 10.3. The monoisotopic (exact) mass is 216 g/mol. The van der Waals surface area contributed by atoms with Crippen LogP contribution in [0.2, 0.25) is 0 Å². The summed E-state index contributed by atoms with van der Waals surface area (Å²) < 4.78 is 1.42. The van der Waals surface area contributed by atoms with E-state index in [2.05, 4.69) is 5.10 Å². The SMILES string of the molecule is Cc1ccccc1-c1cnn(CC(=O)O)c1. The first-order valence-corrected chi connectivity index (χ1v) is 4.97. The van der Waals surface area contributed by atoms with Gasteiger partial charge in [-0.3, -0.25) is 9.48 Å². The molecule has 0 saturated carbocycles. The Labute approximate surface area is 93.1 Å². The molecule has 0 radical (unpaired) electrons. The molecule has 1 aromatic carbocycles. The van der Waals surface area contributed by atoms with Crippen LogP contribution in [0, 0.1) is 6.92 Å². The number of aliphatic carboxylic acids is 1. The number of hydrogen-bond acceptors (Lipinski definition) is 2. The van der Waals surface area contributed by atoms with Crippen LogP contribution >= 0.6 is 0 Å². The van der Waals surface area contributed by atoms with Crippen molar-refractivity contribution in [1.29, 1.82) is 0 Å². The van der Waals surface area contributed by atoms with Crippen LogP contribution in [0.25, 0.3) is 11.1 Å². The predicted molar refractivity (Wildman–Crippen MR) is 60.0 cm³/mol. The van der Waals surface area contributed by atoms with Gasteiger partial charge in [0.1, 0.15) is 6.54 Å². The summed E-state index contributed by atoms with van der Waals surface area (Å²) in [5.74, 6) is -0.889. The number of carbonyl (C=O) groups is 1. The molecule has 0 spiro atoms. The van der Waals surface area contributed by atoms with Gasteiger partial charge in [-0.1, -0.05) is 24.3 Å². The van der Waals surface area contributed by atoms with Crippen molar-refractivity contribution in [2.24, 2.45) is 0 Å². The molecule has 1 N–H and O–H groups in total. The summed E-state index contributed by atoms with van der Waals surface area (Å²) in [4.78, 5) is 10.5. The molecule has 0 amide bonds. The van der Waals surface area contributed by atoms with E-state index in [0.29, 0.717) is 0 Å². The fourth-order valence-corrected chi connectivity index (χ4v) is 1.62. The van der Waals surface area contributed by atoms with Crippen LogP contribution in [0.1, 0.15) is 5.56 Å². The van der Waals surface area contributed by atoms with E-state index in [1.54, 1.807) is 12.4 Å². The number of rotatable bonds is 3. The van der Waals surface area contributed by atoms with Crippen molar-refractivity contribution in [2.45, 2.75) is 13.5 Å². The van der Waals surface area contributed by atoms with Crippen LogP contribution in [-0.4, -0.2) is 20.9 Å². The van der Waals surface area contributed by atoms with Gasteiger partial charge in [0.15, 0.2) is 0 Å². The Kier molecular flexibility index (Phi) is 2.72. The minimum Gasteiger partial charge on any atom is -0.480 e. The van der Waals surface area contributed by atoms with Crippen molar-refractivity contribution in [3.8, 4) is 11.1 Å². The molecule has 16 heavy (non-hydrogen) atoms. The van der Waals surface area contributed by atoms with Crippen LogP contribution in [0.3, 0.4) is 0 Å². The van der Waals surface area contributed by atoms with Gasteiger partial charge < -0.3 is 5.11 Å². The summed E-state index contributed by atoms with van der Waals surface area (Å²) in [5.41, 5.74) is 3.18. The first-order valence-electron chi connectivity index (χ1n) is 4.97. The summed E-state index contributed by atoms with van der Waals surface area (Å²) in [7, 11) is 0. The molecular weight excluding hydrogens is 204 g/mol. The first-order chi connectivity index (χ1) is 7.66. The zero-order valence-electron chi connectivity index (χ0n) is 8.92. The Balaban J connectivity index is 2.32. The lowest BCUT2D eigenvalue weighted by Gasteiger charge is -2.01. The molecule has 2 rings (SSSR count). The summed E-state index contributed by atoms with van der Waals surface area (Å²) >= 11 is 0. The van der Waals surface area contributed by atoms with Crippen LogP contribution in [-0.2, 0) is 11.3 Å². The molecule has 4 heteroatoms. The zero-order chi connectivity index (χ0) is 11.5. The van der Waals surface area contributed by atoms with Gasteiger partial charge in [-0.2, -0.15) is 5.10 Å². The van der Waals surface area contributed by atoms with E-state index in [4.69, 9.17) is 5.11 Å². The molecule has 0 bridgehead atoms. The smallest absolute Gasteiger partial charge is 0.325 e. The number of aryl methyl sites for hydroxylation is 1. The third-order valence-electron chi connectivity index (χ3n) is 2.39. The van der Waals surface area contributed by atoms with Gasteiger partial charge in [-0.25, -0.2) is 0 Å². The van der Waals surface area contributed by atoms with Crippen LogP contribution in [0.15, 0.2) is 36.7 Å². The van der Waals surface area contributed by atoms with E-state index in [-0.39, 0.29) is 6.54 Å². The van der Waals surface area contributed by atoms with Crippen LogP contribution < -0.4 is 0 Å². The summed E-state index contributed by atoms with van der Waals surface area (Å²) in [6.45, 7) is 1.91. The molecule has 82 valence electrons. The molecule has 4 nitrogen and oxygen atoms in total. The highest BCUT2D eigenvalue weighted by Crippen LogP contribution is 2.21. The van der Waals surface area contributed by atoms with Gasteiger partial charge in [0, 0.05) is 11.8 Å². The maximum atomic E-state index is 10.5. The fraction of sp³-hybridized carbons (Fsp3) is 0.167. The van der Waals surface area contributed by atoms with E-state index in [0.717, 1.165) is 16.7 Å². The minimum absolute atomic E-state index is 0.105. The number of carboxylic acid groups (broad SMARTS) is 1. The highest BCUT2D eigenvalue weighted by molar-refractivity contribution is 5.68. The molecule has 0 aliphatic carbocycles. The van der Waals surface area contributed by atoms with E-state index in [1.807, 2.05) is 31.2 Å². The quantitative estimate of drug-likeness (QED) is 0.853. The lowest BCUT2D eigenvalue weighted by molar-refractivity contribution is -0.137. The Hall–Kier alpha value is -2.10. The van der Waals surface area contributed by atoms with Crippen LogP contribution in [0.5, 0.6) is 0 Å². The molecule has 0 fully saturated rings. The van der Waals surface area contributed by atoms with Gasteiger partial charge >= 0.3 is 5.97 Å². The van der Waals surface area contributed by atoms with Crippen molar-refractivity contribution in [2.75, 3.05) is 0 Å². The lowest BCUT2D eigenvalue weighted by atomic mass is 10.0. The minimum atomic E-state index is -0.889. The number of carboxylic acids is 1. The van der Waals surface area contributed by atoms with Gasteiger partial charge in [0.05, 0.1) is 6.20 Å². The molecule has 0 saturated heterocycles. The third kappa shape index (κ3) is 2.11. The predicted octanol–water partition coefficient (Wildman–Crippen LogP) is 1.94. The molecule has 0 aliphatic heterocycles. The highest BCUT2D eigenvalue weighted by atomic mass is 16.4. The topological polar surface area (TPSA) is 55.1 Å². The van der Waals surface area contributed by atoms with Gasteiger partial charge in [-0.05, 0) is 18.1 Å². The first kappa shape index (κ1) is 10.4. The number of benzene rings is 1. The molecule has 1 heterocycles. The number of nitrogens with zero attached hydrogens (tertiary/aromatic N) is 2. The number of hydrogen-bond donors (Lipinski definition) is 1. The van der Waals surface area contributed by atoms with Crippen molar-refractivity contribution < 1.29 is 9.90 Å². The Bertz CT molecular complexity index is 517. The lowest BCUT2D eigenvalue weighted by Crippen LogP contribution is -2.08. The second-order valence-electron chi connectivity index (χ2n) is 3.64. The van der Waals surface area contributed by atoms with Crippen molar-refractivity contribution in [3.05, 3.63) is 42.2 Å². The largest absolute Gasteiger partial charge is 0.480 e. The van der Waals surface area contributed by atoms with Crippen molar-refractivity contribution in [1.82, 2.24) is 9.78 Å². The van der Waals surface area contributed by atoms with Crippen molar-refractivity contribution >= 4 is 5.97 Å². The summed E-state index contributed by atoms with van der Waals surface area (Å²) in [5, 5.41) is 12.7. The summed E-state index contributed by atoms with van der Waals surface area (Å²) in [6.07, 6.45) is 3.43. The molecule has 0 atom stereocenters. The third-order valence-corrected chi connectivity index (χ3v) is 2.39. The van der Waals surface area contributed by atoms with E-state index in [1.165, 1.54) is 4.68 Å². The standard InChI is InChI=1S/C12H12N2O2/c1-9-4-2-3-5-11(9)10-6-13-14(7-10)8-12(15)16/h2-7H,8H2,1H3,(H,15,16). The van der Waals surface area contributed by atoms with Crippen molar-refractivity contribution in [3.63, 3.8) is 0 Å². The maximum Gasteiger partial charge on any atom is 0.325 e. The highest BCUT2D eigenvalue weighted by Gasteiger charge is 2.05. The number of aromatic nitrogens is 2.